The lowest BCUT2D eigenvalue weighted by Crippen LogP contribution is -2.20. The highest BCUT2D eigenvalue weighted by Crippen LogP contribution is 2.36. The summed E-state index contributed by atoms with van der Waals surface area (Å²) in [7, 11) is 1.48. The zero-order valence-electron chi connectivity index (χ0n) is 9.58. The molecular formula is C13H18FNO. The SMILES string of the molecule is COc1cccc([C@H](N)C2CCCC2)c1F. The highest BCUT2D eigenvalue weighted by Gasteiger charge is 2.26. The van der Waals surface area contributed by atoms with E-state index in [-0.39, 0.29) is 17.6 Å². The van der Waals surface area contributed by atoms with E-state index in [4.69, 9.17) is 10.5 Å². The van der Waals surface area contributed by atoms with Crippen LogP contribution in [0.3, 0.4) is 0 Å². The first-order valence-corrected chi connectivity index (χ1v) is 5.82. The standard InChI is InChI=1S/C13H18FNO/c1-16-11-8-4-7-10(12(11)14)13(15)9-5-2-3-6-9/h4,7-9,13H,2-3,5-6,15H2,1H3/t13-/m1/s1. The van der Waals surface area contributed by atoms with Gasteiger partial charge in [0.1, 0.15) is 0 Å². The van der Waals surface area contributed by atoms with Crippen molar-refractivity contribution in [1.29, 1.82) is 0 Å². The number of hydrogen-bond acceptors (Lipinski definition) is 2. The van der Waals surface area contributed by atoms with E-state index in [0.29, 0.717) is 11.5 Å². The van der Waals surface area contributed by atoms with Crippen LogP contribution in [-0.4, -0.2) is 7.11 Å². The molecule has 2 N–H and O–H groups in total. The molecule has 0 aromatic heterocycles. The van der Waals surface area contributed by atoms with E-state index >= 15 is 0 Å². The summed E-state index contributed by atoms with van der Waals surface area (Å²) in [5, 5.41) is 0. The number of benzene rings is 1. The summed E-state index contributed by atoms with van der Waals surface area (Å²) >= 11 is 0. The normalized spacial score (nSPS) is 18.7. The molecule has 2 rings (SSSR count). The van der Waals surface area contributed by atoms with E-state index in [2.05, 4.69) is 0 Å². The van der Waals surface area contributed by atoms with E-state index in [1.807, 2.05) is 0 Å². The fourth-order valence-electron chi connectivity index (χ4n) is 2.51. The third-order valence-electron chi connectivity index (χ3n) is 3.48. The fraction of sp³-hybridized carbons (Fsp3) is 0.538. The molecule has 0 amide bonds. The number of nitrogens with two attached hydrogens (primary N) is 1. The van der Waals surface area contributed by atoms with E-state index < -0.39 is 0 Å². The highest BCUT2D eigenvalue weighted by molar-refractivity contribution is 5.33. The van der Waals surface area contributed by atoms with Crippen molar-refractivity contribution in [3.63, 3.8) is 0 Å². The first-order chi connectivity index (χ1) is 7.74. The Labute approximate surface area is 95.6 Å². The molecule has 2 nitrogen and oxygen atoms in total. The quantitative estimate of drug-likeness (QED) is 0.854. The molecule has 3 heteroatoms. The zero-order valence-corrected chi connectivity index (χ0v) is 9.58. The Balaban J connectivity index is 2.25. The summed E-state index contributed by atoms with van der Waals surface area (Å²) in [6.45, 7) is 0. The van der Waals surface area contributed by atoms with Gasteiger partial charge >= 0.3 is 0 Å². The Kier molecular flexibility index (Phi) is 3.44. The molecular weight excluding hydrogens is 205 g/mol. The summed E-state index contributed by atoms with van der Waals surface area (Å²) in [5.74, 6) is 0.400. The third-order valence-corrected chi connectivity index (χ3v) is 3.48. The molecule has 1 atom stereocenters. The van der Waals surface area contributed by atoms with Gasteiger partial charge in [-0.3, -0.25) is 0 Å². The predicted molar refractivity (Wildman–Crippen MR) is 61.8 cm³/mol. The van der Waals surface area contributed by atoms with Gasteiger partial charge in [-0.15, -0.1) is 0 Å². The Hall–Kier alpha value is -1.09. The second-order valence-corrected chi connectivity index (χ2v) is 4.43. The van der Waals surface area contributed by atoms with Gasteiger partial charge in [-0.05, 0) is 24.8 Å². The van der Waals surface area contributed by atoms with Crippen LogP contribution >= 0.6 is 0 Å². The molecule has 0 bridgehead atoms. The molecule has 1 fully saturated rings. The van der Waals surface area contributed by atoms with Crippen LogP contribution in [0.1, 0.15) is 37.3 Å². The average Bonchev–Trinajstić information content (AvgIpc) is 2.82. The lowest BCUT2D eigenvalue weighted by atomic mass is 9.92. The predicted octanol–water partition coefficient (Wildman–Crippen LogP) is 3.02. The number of rotatable bonds is 3. The van der Waals surface area contributed by atoms with Gasteiger partial charge in [0.25, 0.3) is 0 Å². The van der Waals surface area contributed by atoms with Crippen LogP contribution in [0.25, 0.3) is 0 Å². The lowest BCUT2D eigenvalue weighted by Gasteiger charge is -2.20. The van der Waals surface area contributed by atoms with E-state index in [0.717, 1.165) is 12.8 Å². The number of methoxy groups -OCH3 is 1. The van der Waals surface area contributed by atoms with Crippen LogP contribution < -0.4 is 10.5 Å². The summed E-state index contributed by atoms with van der Waals surface area (Å²) in [4.78, 5) is 0. The van der Waals surface area contributed by atoms with Crippen molar-refractivity contribution in [2.24, 2.45) is 11.7 Å². The number of hydrogen-bond donors (Lipinski definition) is 1. The number of ether oxygens (including phenoxy) is 1. The van der Waals surface area contributed by atoms with Gasteiger partial charge < -0.3 is 10.5 Å². The van der Waals surface area contributed by atoms with Gasteiger partial charge in [0.05, 0.1) is 7.11 Å². The van der Waals surface area contributed by atoms with E-state index in [1.165, 1.54) is 20.0 Å². The largest absolute Gasteiger partial charge is 0.494 e. The molecule has 0 unspecified atom stereocenters. The summed E-state index contributed by atoms with van der Waals surface area (Å²) in [5.41, 5.74) is 6.72. The summed E-state index contributed by atoms with van der Waals surface area (Å²) < 4.78 is 18.9. The second kappa shape index (κ2) is 4.83. The van der Waals surface area contributed by atoms with Crippen molar-refractivity contribution in [3.05, 3.63) is 29.6 Å². The maximum atomic E-state index is 14.0. The van der Waals surface area contributed by atoms with Crippen molar-refractivity contribution in [2.45, 2.75) is 31.7 Å². The Bertz CT molecular complexity index is 361. The Morgan fingerprint density at radius 1 is 1.38 bits per heavy atom. The minimum atomic E-state index is -0.301. The van der Waals surface area contributed by atoms with Crippen molar-refractivity contribution in [3.8, 4) is 5.75 Å². The molecule has 0 aliphatic heterocycles. The first-order valence-electron chi connectivity index (χ1n) is 5.82. The van der Waals surface area contributed by atoms with E-state index in [1.54, 1.807) is 18.2 Å². The molecule has 1 saturated carbocycles. The van der Waals surface area contributed by atoms with Gasteiger partial charge in [0.15, 0.2) is 11.6 Å². The van der Waals surface area contributed by atoms with E-state index in [9.17, 15) is 4.39 Å². The molecule has 0 radical (unpaired) electrons. The third kappa shape index (κ3) is 2.05. The van der Waals surface area contributed by atoms with Crippen molar-refractivity contribution < 1.29 is 9.13 Å². The molecule has 16 heavy (non-hydrogen) atoms. The zero-order chi connectivity index (χ0) is 11.5. The van der Waals surface area contributed by atoms with Crippen LogP contribution in [0.5, 0.6) is 5.75 Å². The minimum Gasteiger partial charge on any atom is -0.494 e. The molecule has 1 aromatic rings. The minimum absolute atomic E-state index is 0.197. The molecule has 1 aliphatic rings. The Morgan fingerprint density at radius 2 is 2.06 bits per heavy atom. The molecule has 0 heterocycles. The Morgan fingerprint density at radius 3 is 2.69 bits per heavy atom. The number of halogens is 1. The van der Waals surface area contributed by atoms with Crippen LogP contribution in [-0.2, 0) is 0 Å². The van der Waals surface area contributed by atoms with Crippen LogP contribution in [0, 0.1) is 11.7 Å². The summed E-state index contributed by atoms with van der Waals surface area (Å²) in [6.07, 6.45) is 4.64. The van der Waals surface area contributed by atoms with Gasteiger partial charge in [-0.2, -0.15) is 0 Å². The molecule has 0 saturated heterocycles. The van der Waals surface area contributed by atoms with Crippen molar-refractivity contribution in [2.75, 3.05) is 7.11 Å². The molecule has 1 aliphatic carbocycles. The fourth-order valence-corrected chi connectivity index (χ4v) is 2.51. The van der Waals surface area contributed by atoms with Crippen molar-refractivity contribution >= 4 is 0 Å². The molecule has 1 aromatic carbocycles. The van der Waals surface area contributed by atoms with Gasteiger partial charge in [-0.1, -0.05) is 25.0 Å². The summed E-state index contributed by atoms with van der Waals surface area (Å²) in [6, 6.07) is 4.99. The average molecular weight is 223 g/mol. The first kappa shape index (κ1) is 11.4. The highest BCUT2D eigenvalue weighted by atomic mass is 19.1. The smallest absolute Gasteiger partial charge is 0.169 e. The van der Waals surface area contributed by atoms with Crippen molar-refractivity contribution in [1.82, 2.24) is 0 Å². The second-order valence-electron chi connectivity index (χ2n) is 4.43. The van der Waals surface area contributed by atoms with Gasteiger partial charge in [-0.25, -0.2) is 4.39 Å². The topological polar surface area (TPSA) is 35.2 Å². The maximum absolute atomic E-state index is 14.0. The van der Waals surface area contributed by atoms with Gasteiger partial charge in [0, 0.05) is 11.6 Å². The monoisotopic (exact) mass is 223 g/mol. The van der Waals surface area contributed by atoms with Crippen LogP contribution in [0.4, 0.5) is 4.39 Å². The lowest BCUT2D eigenvalue weighted by molar-refractivity contribution is 0.373. The van der Waals surface area contributed by atoms with Crippen LogP contribution in [0.15, 0.2) is 18.2 Å². The molecule has 0 spiro atoms. The molecule has 88 valence electrons. The van der Waals surface area contributed by atoms with Crippen LogP contribution in [0.2, 0.25) is 0 Å². The van der Waals surface area contributed by atoms with Gasteiger partial charge in [0.2, 0.25) is 0 Å². The maximum Gasteiger partial charge on any atom is 0.169 e.